The van der Waals surface area contributed by atoms with Crippen LogP contribution in [0.5, 0.6) is 0 Å². The lowest BCUT2D eigenvalue weighted by molar-refractivity contribution is -0.147. The van der Waals surface area contributed by atoms with Crippen LogP contribution in [-0.4, -0.2) is 44.8 Å². The van der Waals surface area contributed by atoms with Crippen molar-refractivity contribution in [2.45, 2.75) is 18.9 Å². The number of rotatable bonds is 3. The molecule has 2 heterocycles. The Morgan fingerprint density at radius 1 is 1.50 bits per heavy atom. The second-order valence-corrected chi connectivity index (χ2v) is 4.12. The summed E-state index contributed by atoms with van der Waals surface area (Å²) in [6.07, 6.45) is 2.60. The van der Waals surface area contributed by atoms with E-state index in [1.54, 1.807) is 0 Å². The Morgan fingerprint density at radius 2 is 2.28 bits per heavy atom. The zero-order chi connectivity index (χ0) is 13.1. The maximum Gasteiger partial charge on any atom is 0.323 e. The predicted octanol–water partition coefficient (Wildman–Crippen LogP) is -0.509. The number of likely N-dealkylation sites (tertiary alicyclic amines) is 1. The van der Waals surface area contributed by atoms with E-state index in [-0.39, 0.29) is 18.0 Å². The molecule has 1 fully saturated rings. The normalized spacial score (nSPS) is 19.9. The van der Waals surface area contributed by atoms with Crippen molar-refractivity contribution in [3.05, 3.63) is 28.7 Å². The first-order valence-corrected chi connectivity index (χ1v) is 5.64. The Labute approximate surface area is 103 Å². The Bertz CT molecular complexity index is 525. The van der Waals surface area contributed by atoms with E-state index in [1.807, 2.05) is 0 Å². The molecule has 1 atom stereocenters. The van der Waals surface area contributed by atoms with Crippen molar-refractivity contribution in [2.75, 3.05) is 13.1 Å². The van der Waals surface area contributed by atoms with Gasteiger partial charge < -0.3 is 10.0 Å². The summed E-state index contributed by atoms with van der Waals surface area (Å²) in [4.78, 5) is 35.6. The molecule has 1 unspecified atom stereocenters. The Kier molecular flexibility index (Phi) is 3.40. The van der Waals surface area contributed by atoms with Gasteiger partial charge in [-0.3, -0.25) is 14.4 Å². The van der Waals surface area contributed by atoms with Crippen LogP contribution in [0.2, 0.25) is 0 Å². The van der Waals surface area contributed by atoms with Crippen LogP contribution in [0.15, 0.2) is 23.1 Å². The first kappa shape index (κ1) is 12.3. The molecule has 0 saturated carbocycles. The number of carbonyl (C=O) groups excluding carboxylic acids is 1. The van der Waals surface area contributed by atoms with E-state index in [1.165, 1.54) is 23.2 Å². The molecule has 0 aromatic carbocycles. The monoisotopic (exact) mass is 251 g/mol. The summed E-state index contributed by atoms with van der Waals surface area (Å²) in [5.74, 6) is -1.41. The van der Waals surface area contributed by atoms with Crippen LogP contribution in [0.1, 0.15) is 18.9 Å². The van der Waals surface area contributed by atoms with Crippen LogP contribution in [0, 0.1) is 0 Å². The smallest absolute Gasteiger partial charge is 0.323 e. The van der Waals surface area contributed by atoms with Gasteiger partial charge in [0.25, 0.3) is 5.56 Å². The molecule has 1 aliphatic heterocycles. The van der Waals surface area contributed by atoms with Gasteiger partial charge in [0.2, 0.25) is 5.91 Å². The Hall–Kier alpha value is -2.18. The summed E-state index contributed by atoms with van der Waals surface area (Å²) in [7, 11) is 0. The van der Waals surface area contributed by atoms with Gasteiger partial charge in [0.05, 0.1) is 0 Å². The molecule has 1 aromatic rings. The van der Waals surface area contributed by atoms with Gasteiger partial charge in [-0.1, -0.05) is 0 Å². The molecule has 1 amide bonds. The molecule has 1 N–H and O–H groups in total. The molecule has 0 spiro atoms. The van der Waals surface area contributed by atoms with Crippen molar-refractivity contribution in [1.82, 2.24) is 14.7 Å². The van der Waals surface area contributed by atoms with Crippen LogP contribution in [0.25, 0.3) is 0 Å². The first-order chi connectivity index (χ1) is 8.59. The molecule has 1 saturated heterocycles. The van der Waals surface area contributed by atoms with Gasteiger partial charge in [-0.25, -0.2) is 4.68 Å². The minimum Gasteiger partial charge on any atom is -0.480 e. The lowest BCUT2D eigenvalue weighted by Gasteiger charge is -2.31. The molecule has 0 radical (unpaired) electrons. The second-order valence-electron chi connectivity index (χ2n) is 4.12. The van der Waals surface area contributed by atoms with E-state index in [0.717, 1.165) is 4.68 Å². The van der Waals surface area contributed by atoms with E-state index in [4.69, 9.17) is 5.11 Å². The van der Waals surface area contributed by atoms with Crippen molar-refractivity contribution in [1.29, 1.82) is 0 Å². The van der Waals surface area contributed by atoms with Crippen LogP contribution >= 0.6 is 0 Å². The number of hydrogen-bond donors (Lipinski definition) is 1. The van der Waals surface area contributed by atoms with Gasteiger partial charge in [0.15, 0.2) is 0 Å². The number of carboxylic acid groups (broad SMARTS) is 1. The van der Waals surface area contributed by atoms with E-state index in [2.05, 4.69) is 5.10 Å². The summed E-state index contributed by atoms with van der Waals surface area (Å²) in [5.41, 5.74) is -0.354. The summed E-state index contributed by atoms with van der Waals surface area (Å²) in [5, 5.41) is 12.6. The minimum absolute atomic E-state index is 0.336. The van der Waals surface area contributed by atoms with Crippen molar-refractivity contribution in [3.8, 4) is 0 Å². The molecule has 0 aliphatic carbocycles. The summed E-state index contributed by atoms with van der Waals surface area (Å²) < 4.78 is 1.12. The first-order valence-electron chi connectivity index (χ1n) is 5.64. The average Bonchev–Trinajstić information content (AvgIpc) is 2.32. The van der Waals surface area contributed by atoms with Gasteiger partial charge in [-0.05, 0) is 18.9 Å². The van der Waals surface area contributed by atoms with Crippen LogP contribution < -0.4 is 5.56 Å². The maximum absolute atomic E-state index is 12.1. The number of carboxylic acids is 1. The molecule has 2 rings (SSSR count). The lowest BCUT2D eigenvalue weighted by Crippen LogP contribution is -2.47. The number of amides is 1. The van der Waals surface area contributed by atoms with E-state index in [0.29, 0.717) is 19.4 Å². The highest BCUT2D eigenvalue weighted by Crippen LogP contribution is 2.20. The average molecular weight is 251 g/mol. The van der Waals surface area contributed by atoms with Gasteiger partial charge in [-0.2, -0.15) is 5.10 Å². The van der Waals surface area contributed by atoms with Crippen LogP contribution in [-0.2, 0) is 9.59 Å². The number of hydrogen-bond acceptors (Lipinski definition) is 4. The summed E-state index contributed by atoms with van der Waals surface area (Å²) in [6, 6.07) is 2.14. The fraction of sp³-hybridized carbons (Fsp3) is 0.455. The third kappa shape index (κ3) is 2.39. The van der Waals surface area contributed by atoms with Gasteiger partial charge >= 0.3 is 5.97 Å². The molecular formula is C11H13N3O4. The number of nitrogens with zero attached hydrogens (tertiary/aromatic N) is 3. The SMILES string of the molecule is O=C(O)CN1CCCC(n2ncccc2=O)C1=O. The fourth-order valence-corrected chi connectivity index (χ4v) is 2.07. The topological polar surface area (TPSA) is 92.5 Å². The largest absolute Gasteiger partial charge is 0.480 e. The third-order valence-electron chi connectivity index (χ3n) is 2.87. The number of aliphatic carboxylic acids is 1. The van der Waals surface area contributed by atoms with Gasteiger partial charge in [0, 0.05) is 18.8 Å². The highest BCUT2D eigenvalue weighted by molar-refractivity contribution is 5.84. The molecule has 1 aliphatic rings. The van der Waals surface area contributed by atoms with Crippen LogP contribution in [0.4, 0.5) is 0 Å². The zero-order valence-electron chi connectivity index (χ0n) is 9.65. The zero-order valence-corrected chi connectivity index (χ0v) is 9.65. The number of piperidine rings is 1. The minimum atomic E-state index is -1.06. The molecule has 18 heavy (non-hydrogen) atoms. The molecule has 96 valence electrons. The summed E-state index contributed by atoms with van der Waals surface area (Å²) >= 11 is 0. The molecule has 7 nitrogen and oxygen atoms in total. The predicted molar refractivity (Wildman–Crippen MR) is 61.0 cm³/mol. The van der Waals surface area contributed by atoms with Crippen LogP contribution in [0.3, 0.4) is 0 Å². The third-order valence-corrected chi connectivity index (χ3v) is 2.87. The Balaban J connectivity index is 2.24. The van der Waals surface area contributed by atoms with Crippen molar-refractivity contribution >= 4 is 11.9 Å². The number of carbonyl (C=O) groups is 2. The van der Waals surface area contributed by atoms with Crippen molar-refractivity contribution in [3.63, 3.8) is 0 Å². The fourth-order valence-electron chi connectivity index (χ4n) is 2.07. The van der Waals surface area contributed by atoms with Gasteiger partial charge in [-0.15, -0.1) is 0 Å². The Morgan fingerprint density at radius 3 is 2.94 bits per heavy atom. The number of aromatic nitrogens is 2. The van der Waals surface area contributed by atoms with E-state index in [9.17, 15) is 14.4 Å². The lowest BCUT2D eigenvalue weighted by atomic mass is 10.0. The highest BCUT2D eigenvalue weighted by atomic mass is 16.4. The second kappa shape index (κ2) is 4.99. The standard InChI is InChI=1S/C11H13N3O4/c15-9-4-1-5-12-14(9)8-3-2-6-13(11(8)18)7-10(16)17/h1,4-5,8H,2-3,6-7H2,(H,16,17). The molecular weight excluding hydrogens is 238 g/mol. The molecule has 7 heteroatoms. The van der Waals surface area contributed by atoms with Gasteiger partial charge in [0.1, 0.15) is 12.6 Å². The maximum atomic E-state index is 12.1. The quantitative estimate of drug-likeness (QED) is 0.781. The van der Waals surface area contributed by atoms with Crippen molar-refractivity contribution < 1.29 is 14.7 Å². The summed E-state index contributed by atoms with van der Waals surface area (Å²) in [6.45, 7) is 0.0696. The van der Waals surface area contributed by atoms with E-state index >= 15 is 0 Å². The molecule has 0 bridgehead atoms. The van der Waals surface area contributed by atoms with E-state index < -0.39 is 12.0 Å². The van der Waals surface area contributed by atoms with Crippen molar-refractivity contribution in [2.24, 2.45) is 0 Å². The molecule has 1 aromatic heterocycles. The highest BCUT2D eigenvalue weighted by Gasteiger charge is 2.32.